The molecule has 1 rings (SSSR count). The molecule has 1 fully saturated rings. The Morgan fingerprint density at radius 1 is 1.57 bits per heavy atom. The second-order valence-electron chi connectivity index (χ2n) is 3.76. The molecule has 0 bridgehead atoms. The summed E-state index contributed by atoms with van der Waals surface area (Å²) < 4.78 is 18.1. The van der Waals surface area contributed by atoms with Crippen LogP contribution in [0, 0.1) is 11.8 Å². The smallest absolute Gasteiger partial charge is 0.306 e. The number of carbonyl (C=O) groups excluding carboxylic acids is 1. The Morgan fingerprint density at radius 2 is 2.29 bits per heavy atom. The molecule has 1 aliphatic carbocycles. The summed E-state index contributed by atoms with van der Waals surface area (Å²) in [6.07, 6.45) is 0.767. The molecule has 1 saturated carbocycles. The minimum atomic E-state index is -0.834. The average Bonchev–Trinajstić information content (AvgIpc) is 2.47. The molecule has 0 radical (unpaired) electrons. The Hall–Kier alpha value is -0.640. The highest BCUT2D eigenvalue weighted by molar-refractivity contribution is 5.69. The van der Waals surface area contributed by atoms with E-state index in [1.807, 2.05) is 0 Å². The lowest BCUT2D eigenvalue weighted by molar-refractivity contribution is -0.144. The van der Waals surface area contributed by atoms with Gasteiger partial charge in [-0.05, 0) is 32.2 Å². The van der Waals surface area contributed by atoms with E-state index in [0.29, 0.717) is 26.0 Å². The zero-order valence-electron chi connectivity index (χ0n) is 8.54. The Kier molecular flexibility index (Phi) is 4.32. The third kappa shape index (κ3) is 2.67. The van der Waals surface area contributed by atoms with Gasteiger partial charge in [-0.15, -0.1) is 0 Å². The minimum Gasteiger partial charge on any atom is -0.466 e. The lowest BCUT2D eigenvalue weighted by Gasteiger charge is -2.17. The van der Waals surface area contributed by atoms with E-state index in [1.165, 1.54) is 0 Å². The quantitative estimate of drug-likeness (QED) is 0.700. The molecule has 0 heterocycles. The van der Waals surface area contributed by atoms with Crippen LogP contribution in [0.25, 0.3) is 0 Å². The molecular formula is C10H18FNO2. The van der Waals surface area contributed by atoms with Crippen LogP contribution in [-0.4, -0.2) is 25.3 Å². The molecule has 0 aromatic heterocycles. The van der Waals surface area contributed by atoms with E-state index in [0.717, 1.165) is 6.42 Å². The van der Waals surface area contributed by atoms with Gasteiger partial charge in [-0.1, -0.05) is 0 Å². The van der Waals surface area contributed by atoms with Crippen LogP contribution >= 0.6 is 0 Å². The van der Waals surface area contributed by atoms with Gasteiger partial charge in [-0.25, -0.2) is 4.39 Å². The predicted octanol–water partition coefficient (Wildman–Crippen LogP) is 1.26. The van der Waals surface area contributed by atoms with Gasteiger partial charge < -0.3 is 10.5 Å². The largest absolute Gasteiger partial charge is 0.466 e. The van der Waals surface area contributed by atoms with Crippen LogP contribution in [0.3, 0.4) is 0 Å². The third-order valence-corrected chi connectivity index (χ3v) is 2.89. The maximum Gasteiger partial charge on any atom is 0.306 e. The zero-order valence-corrected chi connectivity index (χ0v) is 8.54. The van der Waals surface area contributed by atoms with Gasteiger partial charge in [0.1, 0.15) is 6.17 Å². The van der Waals surface area contributed by atoms with Crippen molar-refractivity contribution >= 4 is 5.97 Å². The second kappa shape index (κ2) is 5.29. The summed E-state index contributed by atoms with van der Waals surface area (Å²) in [5.74, 6) is -0.307. The van der Waals surface area contributed by atoms with Gasteiger partial charge in [0.2, 0.25) is 0 Å². The molecule has 2 N–H and O–H groups in total. The van der Waals surface area contributed by atoms with Crippen molar-refractivity contribution < 1.29 is 13.9 Å². The minimum absolute atomic E-state index is 0.0778. The molecule has 0 aromatic carbocycles. The molecule has 14 heavy (non-hydrogen) atoms. The molecule has 0 unspecified atom stereocenters. The van der Waals surface area contributed by atoms with Crippen LogP contribution in [0.1, 0.15) is 26.2 Å². The summed E-state index contributed by atoms with van der Waals surface area (Å²) in [4.78, 5) is 11.2. The zero-order chi connectivity index (χ0) is 10.6. The molecule has 82 valence electrons. The van der Waals surface area contributed by atoms with E-state index >= 15 is 0 Å². The van der Waals surface area contributed by atoms with Gasteiger partial charge >= 0.3 is 5.97 Å². The fourth-order valence-corrected chi connectivity index (χ4v) is 2.12. The molecule has 0 aliphatic heterocycles. The number of hydrogen-bond donors (Lipinski definition) is 1. The van der Waals surface area contributed by atoms with Crippen LogP contribution in [0.5, 0.6) is 0 Å². The standard InChI is InChI=1S/C10H18FNO2/c1-2-14-10(13)5-7-3-4-9(11)8(7)6-12/h7-9H,2-6,12H2,1H3/t7-,8+,9+/m1/s1. The number of ether oxygens (including phenoxy) is 1. The molecule has 0 amide bonds. The van der Waals surface area contributed by atoms with Crippen LogP contribution in [0.4, 0.5) is 4.39 Å². The van der Waals surface area contributed by atoms with Crippen LogP contribution in [0.2, 0.25) is 0 Å². The fourth-order valence-electron chi connectivity index (χ4n) is 2.12. The van der Waals surface area contributed by atoms with E-state index < -0.39 is 6.17 Å². The molecular weight excluding hydrogens is 185 g/mol. The Bertz CT molecular complexity index is 199. The SMILES string of the molecule is CCOC(=O)C[C@H]1CC[C@H](F)[C@H]1CN. The normalized spacial score (nSPS) is 31.8. The van der Waals surface area contributed by atoms with Crippen molar-refractivity contribution in [2.24, 2.45) is 17.6 Å². The van der Waals surface area contributed by atoms with Crippen molar-refractivity contribution in [2.45, 2.75) is 32.4 Å². The van der Waals surface area contributed by atoms with E-state index in [-0.39, 0.29) is 17.8 Å². The Labute approximate surface area is 83.8 Å². The van der Waals surface area contributed by atoms with Crippen molar-refractivity contribution in [1.29, 1.82) is 0 Å². The van der Waals surface area contributed by atoms with E-state index in [4.69, 9.17) is 10.5 Å². The number of halogens is 1. The van der Waals surface area contributed by atoms with Gasteiger partial charge in [0.25, 0.3) is 0 Å². The maximum absolute atomic E-state index is 13.2. The molecule has 3 atom stereocenters. The number of carbonyl (C=O) groups is 1. The molecule has 0 spiro atoms. The van der Waals surface area contributed by atoms with Crippen molar-refractivity contribution in [1.82, 2.24) is 0 Å². The molecule has 0 saturated heterocycles. The van der Waals surface area contributed by atoms with Crippen LogP contribution < -0.4 is 5.73 Å². The molecule has 3 nitrogen and oxygen atoms in total. The lowest BCUT2D eigenvalue weighted by Crippen LogP contribution is -2.27. The molecule has 0 aromatic rings. The number of alkyl halides is 1. The summed E-state index contributed by atoms with van der Waals surface area (Å²) in [6, 6.07) is 0. The average molecular weight is 203 g/mol. The van der Waals surface area contributed by atoms with Gasteiger partial charge in [0, 0.05) is 12.3 Å². The second-order valence-corrected chi connectivity index (χ2v) is 3.76. The topological polar surface area (TPSA) is 52.3 Å². The van der Waals surface area contributed by atoms with E-state index in [9.17, 15) is 9.18 Å². The highest BCUT2D eigenvalue weighted by Crippen LogP contribution is 2.35. The summed E-state index contributed by atoms with van der Waals surface area (Å²) in [7, 11) is 0. The van der Waals surface area contributed by atoms with E-state index in [2.05, 4.69) is 0 Å². The molecule has 1 aliphatic rings. The number of rotatable bonds is 4. The number of esters is 1. The van der Waals surface area contributed by atoms with Gasteiger partial charge in [-0.3, -0.25) is 4.79 Å². The first-order chi connectivity index (χ1) is 6.69. The van der Waals surface area contributed by atoms with Crippen molar-refractivity contribution in [3.8, 4) is 0 Å². The van der Waals surface area contributed by atoms with Crippen molar-refractivity contribution in [3.63, 3.8) is 0 Å². The van der Waals surface area contributed by atoms with Gasteiger partial charge in [0.05, 0.1) is 6.61 Å². The first kappa shape index (κ1) is 11.4. The van der Waals surface area contributed by atoms with Crippen LogP contribution in [-0.2, 0) is 9.53 Å². The van der Waals surface area contributed by atoms with Crippen LogP contribution in [0.15, 0.2) is 0 Å². The summed E-state index contributed by atoms with van der Waals surface area (Å²) in [5, 5.41) is 0. The summed E-state index contributed by atoms with van der Waals surface area (Å²) in [5.41, 5.74) is 5.47. The van der Waals surface area contributed by atoms with Crippen molar-refractivity contribution in [3.05, 3.63) is 0 Å². The van der Waals surface area contributed by atoms with Gasteiger partial charge in [0.15, 0.2) is 0 Å². The monoisotopic (exact) mass is 203 g/mol. The summed E-state index contributed by atoms with van der Waals surface area (Å²) in [6.45, 7) is 2.48. The van der Waals surface area contributed by atoms with E-state index in [1.54, 1.807) is 6.92 Å². The highest BCUT2D eigenvalue weighted by Gasteiger charge is 2.36. The highest BCUT2D eigenvalue weighted by atomic mass is 19.1. The predicted molar refractivity (Wildman–Crippen MR) is 51.4 cm³/mol. The molecule has 4 heteroatoms. The van der Waals surface area contributed by atoms with Gasteiger partial charge in [-0.2, -0.15) is 0 Å². The van der Waals surface area contributed by atoms with Crippen molar-refractivity contribution in [2.75, 3.05) is 13.2 Å². The Morgan fingerprint density at radius 3 is 2.86 bits per heavy atom. The number of nitrogens with two attached hydrogens (primary N) is 1. The fraction of sp³-hybridized carbons (Fsp3) is 0.900. The lowest BCUT2D eigenvalue weighted by atomic mass is 9.92. The summed E-state index contributed by atoms with van der Waals surface area (Å²) >= 11 is 0. The Balaban J connectivity index is 2.40. The third-order valence-electron chi connectivity index (χ3n) is 2.89. The number of hydrogen-bond acceptors (Lipinski definition) is 3. The first-order valence-corrected chi connectivity index (χ1v) is 5.18. The first-order valence-electron chi connectivity index (χ1n) is 5.18. The maximum atomic E-state index is 13.2.